The first-order valence-electron chi connectivity index (χ1n) is 7.15. The molecule has 1 N–H and O–H groups in total. The highest BCUT2D eigenvalue weighted by molar-refractivity contribution is 5.78. The van der Waals surface area contributed by atoms with Crippen molar-refractivity contribution in [1.29, 1.82) is 0 Å². The first-order chi connectivity index (χ1) is 11.1. The fourth-order valence-corrected chi connectivity index (χ4v) is 2.07. The van der Waals surface area contributed by atoms with E-state index in [-0.39, 0.29) is 0 Å². The van der Waals surface area contributed by atoms with Gasteiger partial charge < -0.3 is 14.6 Å². The summed E-state index contributed by atoms with van der Waals surface area (Å²) in [5.74, 6) is 0.559. The van der Waals surface area contributed by atoms with E-state index in [1.807, 2.05) is 30.3 Å². The van der Waals surface area contributed by atoms with Gasteiger partial charge in [0.15, 0.2) is 6.10 Å². The van der Waals surface area contributed by atoms with E-state index in [0.717, 1.165) is 10.9 Å². The van der Waals surface area contributed by atoms with E-state index in [1.165, 1.54) is 6.92 Å². The number of carboxylic acid groups (broad SMARTS) is 1. The van der Waals surface area contributed by atoms with Crippen molar-refractivity contribution in [3.63, 3.8) is 0 Å². The Hall–Kier alpha value is -3.08. The smallest absolute Gasteiger partial charge is 0.344 e. The summed E-state index contributed by atoms with van der Waals surface area (Å²) in [6, 6.07) is 18.3. The van der Waals surface area contributed by atoms with Gasteiger partial charge in [-0.25, -0.2) is 9.78 Å². The summed E-state index contributed by atoms with van der Waals surface area (Å²) < 4.78 is 11.0. The van der Waals surface area contributed by atoms with Crippen LogP contribution < -0.4 is 9.47 Å². The van der Waals surface area contributed by atoms with Crippen molar-refractivity contribution in [1.82, 2.24) is 4.98 Å². The van der Waals surface area contributed by atoms with Crippen molar-refractivity contribution in [2.24, 2.45) is 0 Å². The van der Waals surface area contributed by atoms with Crippen molar-refractivity contribution >= 4 is 16.9 Å². The summed E-state index contributed by atoms with van der Waals surface area (Å²) in [4.78, 5) is 15.2. The van der Waals surface area contributed by atoms with E-state index in [9.17, 15) is 4.79 Å². The van der Waals surface area contributed by atoms with Crippen molar-refractivity contribution in [2.45, 2.75) is 13.0 Å². The summed E-state index contributed by atoms with van der Waals surface area (Å²) in [6.45, 7) is 1.48. The summed E-state index contributed by atoms with van der Waals surface area (Å²) in [7, 11) is 0. The normalized spacial score (nSPS) is 11.9. The molecular formula is C18H15NO4. The highest BCUT2D eigenvalue weighted by atomic mass is 16.5. The molecule has 0 saturated heterocycles. The van der Waals surface area contributed by atoms with Crippen LogP contribution in [-0.2, 0) is 4.79 Å². The Kier molecular flexibility index (Phi) is 4.10. The average molecular weight is 309 g/mol. The van der Waals surface area contributed by atoms with Gasteiger partial charge >= 0.3 is 5.97 Å². The predicted molar refractivity (Wildman–Crippen MR) is 86.0 cm³/mol. The lowest BCUT2D eigenvalue weighted by Gasteiger charge is -2.11. The molecule has 2 aromatic carbocycles. The number of ether oxygens (including phenoxy) is 2. The molecule has 0 fully saturated rings. The first kappa shape index (κ1) is 14.8. The molecule has 0 bridgehead atoms. The molecule has 3 rings (SSSR count). The maximum Gasteiger partial charge on any atom is 0.344 e. The number of aromatic nitrogens is 1. The number of carboxylic acids is 1. The molecule has 0 saturated carbocycles. The minimum Gasteiger partial charge on any atom is -0.479 e. The number of rotatable bonds is 5. The third kappa shape index (κ3) is 3.58. The third-order valence-corrected chi connectivity index (χ3v) is 3.28. The molecule has 0 amide bonds. The fraction of sp³-hybridized carbons (Fsp3) is 0.111. The molecule has 0 aliphatic rings. The molecule has 5 nitrogen and oxygen atoms in total. The Bertz CT molecular complexity index is 830. The SMILES string of the molecule is C[C@@H](Oc1ccc(Oc2ccc3ccccc3n2)cc1)C(=O)O. The lowest BCUT2D eigenvalue weighted by molar-refractivity contribution is -0.144. The second kappa shape index (κ2) is 6.36. The quantitative estimate of drug-likeness (QED) is 0.774. The van der Waals surface area contributed by atoms with Crippen LogP contribution in [0, 0.1) is 0 Å². The van der Waals surface area contributed by atoms with Crippen LogP contribution in [0.15, 0.2) is 60.7 Å². The van der Waals surface area contributed by atoms with Gasteiger partial charge in [0.25, 0.3) is 0 Å². The first-order valence-corrected chi connectivity index (χ1v) is 7.15. The lowest BCUT2D eigenvalue weighted by Crippen LogP contribution is -2.22. The molecule has 3 aromatic rings. The van der Waals surface area contributed by atoms with Gasteiger partial charge in [0, 0.05) is 11.5 Å². The number of nitrogens with zero attached hydrogens (tertiary/aromatic N) is 1. The molecule has 116 valence electrons. The molecule has 1 aromatic heterocycles. The monoisotopic (exact) mass is 309 g/mol. The Morgan fingerprint density at radius 1 is 1.00 bits per heavy atom. The molecule has 0 radical (unpaired) electrons. The third-order valence-electron chi connectivity index (χ3n) is 3.28. The van der Waals surface area contributed by atoms with Crippen molar-refractivity contribution in [3.05, 3.63) is 60.7 Å². The summed E-state index contributed by atoms with van der Waals surface area (Å²) in [5, 5.41) is 9.87. The Morgan fingerprint density at radius 2 is 1.70 bits per heavy atom. The average Bonchev–Trinajstić information content (AvgIpc) is 2.56. The standard InChI is InChI=1S/C18H15NO4/c1-12(18(20)21)22-14-7-9-15(10-8-14)23-17-11-6-13-4-2-3-5-16(13)19-17/h2-12H,1H3,(H,20,21)/t12-/m1/s1. The minimum absolute atomic E-state index is 0.471. The number of hydrogen-bond acceptors (Lipinski definition) is 4. The fourth-order valence-electron chi connectivity index (χ4n) is 2.07. The van der Waals surface area contributed by atoms with E-state index < -0.39 is 12.1 Å². The van der Waals surface area contributed by atoms with Crippen molar-refractivity contribution in [2.75, 3.05) is 0 Å². The number of para-hydroxylation sites is 1. The van der Waals surface area contributed by atoms with Crippen LogP contribution in [0.5, 0.6) is 17.4 Å². The van der Waals surface area contributed by atoms with Crippen LogP contribution >= 0.6 is 0 Å². The highest BCUT2D eigenvalue weighted by Gasteiger charge is 2.12. The van der Waals surface area contributed by atoms with Gasteiger partial charge in [-0.05, 0) is 43.3 Å². The molecule has 5 heteroatoms. The maximum absolute atomic E-state index is 10.8. The zero-order chi connectivity index (χ0) is 16.2. The number of carbonyl (C=O) groups is 1. The molecule has 0 spiro atoms. The van der Waals surface area contributed by atoms with E-state index in [0.29, 0.717) is 17.4 Å². The largest absolute Gasteiger partial charge is 0.479 e. The van der Waals surface area contributed by atoms with E-state index in [1.54, 1.807) is 30.3 Å². The summed E-state index contributed by atoms with van der Waals surface area (Å²) in [6.07, 6.45) is -0.899. The topological polar surface area (TPSA) is 68.7 Å². The summed E-state index contributed by atoms with van der Waals surface area (Å²) >= 11 is 0. The molecular weight excluding hydrogens is 294 g/mol. The van der Waals surface area contributed by atoms with Crippen LogP contribution in [0.25, 0.3) is 10.9 Å². The highest BCUT2D eigenvalue weighted by Crippen LogP contribution is 2.24. The van der Waals surface area contributed by atoms with Crippen molar-refractivity contribution in [3.8, 4) is 17.4 Å². The van der Waals surface area contributed by atoms with E-state index in [2.05, 4.69) is 4.98 Å². The van der Waals surface area contributed by atoms with Crippen LogP contribution in [-0.4, -0.2) is 22.2 Å². The van der Waals surface area contributed by atoms with Gasteiger partial charge in [0.2, 0.25) is 5.88 Å². The number of pyridine rings is 1. The number of aliphatic carboxylic acids is 1. The van der Waals surface area contributed by atoms with E-state index in [4.69, 9.17) is 14.6 Å². The molecule has 0 aliphatic heterocycles. The second-order valence-corrected chi connectivity index (χ2v) is 5.01. The number of benzene rings is 2. The molecule has 1 heterocycles. The Balaban J connectivity index is 1.73. The van der Waals surface area contributed by atoms with Gasteiger partial charge in [0.05, 0.1) is 5.52 Å². The molecule has 0 unspecified atom stereocenters. The summed E-state index contributed by atoms with van der Waals surface area (Å²) in [5.41, 5.74) is 0.861. The lowest BCUT2D eigenvalue weighted by atomic mass is 10.2. The maximum atomic E-state index is 10.8. The van der Waals surface area contributed by atoms with Gasteiger partial charge in [-0.1, -0.05) is 18.2 Å². The number of fused-ring (bicyclic) bond motifs is 1. The predicted octanol–water partition coefficient (Wildman–Crippen LogP) is 3.88. The van der Waals surface area contributed by atoms with Crippen LogP contribution in [0.2, 0.25) is 0 Å². The zero-order valence-corrected chi connectivity index (χ0v) is 12.5. The van der Waals surface area contributed by atoms with Gasteiger partial charge in [-0.3, -0.25) is 0 Å². The molecule has 0 aliphatic carbocycles. The Labute approximate surface area is 133 Å². The van der Waals surface area contributed by atoms with Gasteiger partial charge in [-0.2, -0.15) is 0 Å². The second-order valence-electron chi connectivity index (χ2n) is 5.01. The minimum atomic E-state index is -1.01. The van der Waals surface area contributed by atoms with Gasteiger partial charge in [0.1, 0.15) is 11.5 Å². The molecule has 1 atom stereocenters. The van der Waals surface area contributed by atoms with Crippen LogP contribution in [0.4, 0.5) is 0 Å². The van der Waals surface area contributed by atoms with Crippen LogP contribution in [0.3, 0.4) is 0 Å². The van der Waals surface area contributed by atoms with E-state index >= 15 is 0 Å². The Morgan fingerprint density at radius 3 is 2.43 bits per heavy atom. The van der Waals surface area contributed by atoms with Gasteiger partial charge in [-0.15, -0.1) is 0 Å². The number of hydrogen-bond donors (Lipinski definition) is 1. The van der Waals surface area contributed by atoms with Crippen molar-refractivity contribution < 1.29 is 19.4 Å². The van der Waals surface area contributed by atoms with Crippen LogP contribution in [0.1, 0.15) is 6.92 Å². The zero-order valence-electron chi connectivity index (χ0n) is 12.5. The molecule has 23 heavy (non-hydrogen) atoms.